The molecule has 0 unspecified atom stereocenters. The molecule has 0 fully saturated rings. The highest BCUT2D eigenvalue weighted by atomic mass is 35.5. The van der Waals surface area contributed by atoms with Crippen LogP contribution in [0.25, 0.3) is 0 Å². The van der Waals surface area contributed by atoms with Gasteiger partial charge in [-0.2, -0.15) is 13.2 Å². The Hall–Kier alpha value is -2.88. The lowest BCUT2D eigenvalue weighted by Gasteiger charge is -2.22. The summed E-state index contributed by atoms with van der Waals surface area (Å²) >= 11 is 5.93. The molecule has 0 radical (unpaired) electrons. The van der Waals surface area contributed by atoms with Gasteiger partial charge >= 0.3 is 6.18 Å². The average Bonchev–Trinajstić information content (AvgIpc) is 2.64. The van der Waals surface area contributed by atoms with Crippen LogP contribution >= 0.6 is 11.6 Å². The second-order valence-electron chi connectivity index (χ2n) is 5.63. The highest BCUT2D eigenvalue weighted by Gasteiger charge is 2.29. The zero-order valence-corrected chi connectivity index (χ0v) is 15.4. The van der Waals surface area contributed by atoms with E-state index >= 15 is 0 Å². The highest BCUT2D eigenvalue weighted by Crippen LogP contribution is 2.26. The minimum atomic E-state index is -4.52. The van der Waals surface area contributed by atoms with Crippen LogP contribution in [0.15, 0.2) is 30.6 Å². The van der Waals surface area contributed by atoms with Gasteiger partial charge < -0.3 is 10.5 Å². The van der Waals surface area contributed by atoms with Gasteiger partial charge in [-0.05, 0) is 23.8 Å². The molecule has 2 heterocycles. The lowest BCUT2D eigenvalue weighted by molar-refractivity contribution is -0.154. The van der Waals surface area contributed by atoms with Crippen LogP contribution in [0.4, 0.5) is 19.0 Å². The molecule has 0 atom stereocenters. The van der Waals surface area contributed by atoms with Crippen molar-refractivity contribution in [3.8, 4) is 5.88 Å². The van der Waals surface area contributed by atoms with Crippen LogP contribution in [-0.2, 0) is 11.3 Å². The van der Waals surface area contributed by atoms with Gasteiger partial charge in [0.1, 0.15) is 10.8 Å². The first-order chi connectivity index (χ1) is 13.1. The Labute approximate surface area is 163 Å². The van der Waals surface area contributed by atoms with Crippen molar-refractivity contribution < 1.29 is 27.5 Å². The van der Waals surface area contributed by atoms with Gasteiger partial charge in [0.05, 0.1) is 6.54 Å². The number of pyridine rings is 2. The van der Waals surface area contributed by atoms with Crippen LogP contribution in [0.2, 0.25) is 5.02 Å². The van der Waals surface area contributed by atoms with Crippen molar-refractivity contribution >= 4 is 29.2 Å². The molecule has 0 bridgehead atoms. The summed E-state index contributed by atoms with van der Waals surface area (Å²) in [4.78, 5) is 32.8. The Morgan fingerprint density at radius 3 is 2.57 bits per heavy atom. The number of ether oxygens (including phenoxy) is 1. The summed E-state index contributed by atoms with van der Waals surface area (Å²) in [6.45, 7) is 0.101. The number of alkyl halides is 3. The Bertz CT molecular complexity index is 877. The molecule has 2 aromatic rings. The zero-order valence-electron chi connectivity index (χ0n) is 14.7. The van der Waals surface area contributed by atoms with Crippen molar-refractivity contribution in [2.24, 2.45) is 5.73 Å². The summed E-state index contributed by atoms with van der Waals surface area (Å²) in [5, 5.41) is -0.135. The Morgan fingerprint density at radius 1 is 1.29 bits per heavy atom. The number of amides is 2. The minimum absolute atomic E-state index is 0.0197. The van der Waals surface area contributed by atoms with Gasteiger partial charge in [0.2, 0.25) is 17.7 Å². The summed E-state index contributed by atoms with van der Waals surface area (Å²) in [7, 11) is 0. The summed E-state index contributed by atoms with van der Waals surface area (Å²) < 4.78 is 41.3. The molecule has 0 aliphatic carbocycles. The molecule has 11 heteroatoms. The molecule has 2 aromatic heterocycles. The fourth-order valence-corrected chi connectivity index (χ4v) is 2.44. The standard InChI is InChI=1S/C17H16ClF3N4O3/c1-2-14(26)25(13-6-11(15(22)27)3-4-23-13)8-10-5-12(18)16(24-7-10)28-9-17(19,20)21/h3-7H,2,8-9H2,1H3,(H2,22,27). The largest absolute Gasteiger partial charge is 0.467 e. The molecule has 7 nitrogen and oxygen atoms in total. The molecule has 0 saturated carbocycles. The number of hydrogen-bond acceptors (Lipinski definition) is 5. The topological polar surface area (TPSA) is 98.4 Å². The normalized spacial score (nSPS) is 11.2. The SMILES string of the molecule is CCC(=O)N(Cc1cnc(OCC(F)(F)F)c(Cl)c1)c1cc(C(N)=O)ccn1. The number of halogens is 4. The maximum Gasteiger partial charge on any atom is 0.422 e. The highest BCUT2D eigenvalue weighted by molar-refractivity contribution is 6.31. The van der Waals surface area contributed by atoms with E-state index in [-0.39, 0.29) is 41.2 Å². The van der Waals surface area contributed by atoms with Crippen molar-refractivity contribution in [1.29, 1.82) is 0 Å². The number of rotatable bonds is 7. The van der Waals surface area contributed by atoms with Crippen LogP contribution in [0.1, 0.15) is 29.3 Å². The smallest absolute Gasteiger partial charge is 0.422 e. The van der Waals surface area contributed by atoms with Gasteiger partial charge in [0.25, 0.3) is 0 Å². The maximum atomic E-state index is 12.3. The molecular weight excluding hydrogens is 401 g/mol. The number of anilines is 1. The number of primary amides is 1. The van der Waals surface area contributed by atoms with Crippen molar-refractivity contribution in [1.82, 2.24) is 9.97 Å². The average molecular weight is 417 g/mol. The third-order valence-electron chi connectivity index (χ3n) is 3.49. The summed E-state index contributed by atoms with van der Waals surface area (Å²) in [5.41, 5.74) is 5.85. The molecule has 0 saturated heterocycles. The molecule has 2 amide bonds. The quantitative estimate of drug-likeness (QED) is 0.747. The van der Waals surface area contributed by atoms with Crippen LogP contribution < -0.4 is 15.4 Å². The van der Waals surface area contributed by atoms with E-state index in [1.807, 2.05) is 0 Å². The maximum absolute atomic E-state index is 12.3. The van der Waals surface area contributed by atoms with Crippen molar-refractivity contribution in [2.75, 3.05) is 11.5 Å². The second kappa shape index (κ2) is 8.87. The van der Waals surface area contributed by atoms with E-state index in [0.29, 0.717) is 5.56 Å². The first-order valence-corrected chi connectivity index (χ1v) is 8.38. The monoisotopic (exact) mass is 416 g/mol. The van der Waals surface area contributed by atoms with Gasteiger partial charge in [-0.3, -0.25) is 14.5 Å². The zero-order chi connectivity index (χ0) is 20.9. The van der Waals surface area contributed by atoms with E-state index in [1.54, 1.807) is 6.92 Å². The van der Waals surface area contributed by atoms with Gasteiger partial charge in [0.15, 0.2) is 6.61 Å². The van der Waals surface area contributed by atoms with E-state index in [4.69, 9.17) is 17.3 Å². The third-order valence-corrected chi connectivity index (χ3v) is 3.76. The summed E-state index contributed by atoms with van der Waals surface area (Å²) in [5.74, 6) is -1.16. The van der Waals surface area contributed by atoms with E-state index in [9.17, 15) is 22.8 Å². The van der Waals surface area contributed by atoms with E-state index in [1.165, 1.54) is 35.5 Å². The molecule has 0 spiro atoms. The molecule has 0 aliphatic heterocycles. The number of nitrogens with zero attached hydrogens (tertiary/aromatic N) is 3. The minimum Gasteiger partial charge on any atom is -0.467 e. The van der Waals surface area contributed by atoms with Gasteiger partial charge in [-0.15, -0.1) is 0 Å². The van der Waals surface area contributed by atoms with E-state index < -0.39 is 18.7 Å². The van der Waals surface area contributed by atoms with Crippen molar-refractivity contribution in [3.63, 3.8) is 0 Å². The fraction of sp³-hybridized carbons (Fsp3) is 0.294. The molecule has 150 valence electrons. The van der Waals surface area contributed by atoms with E-state index in [2.05, 4.69) is 14.7 Å². The third kappa shape index (κ3) is 5.81. The van der Waals surface area contributed by atoms with Crippen LogP contribution in [0, 0.1) is 0 Å². The second-order valence-corrected chi connectivity index (χ2v) is 6.04. The van der Waals surface area contributed by atoms with Gasteiger partial charge in [0, 0.05) is 24.4 Å². The van der Waals surface area contributed by atoms with E-state index in [0.717, 1.165) is 0 Å². The van der Waals surface area contributed by atoms with Gasteiger partial charge in [-0.1, -0.05) is 18.5 Å². The molecule has 0 aliphatic rings. The Morgan fingerprint density at radius 2 is 2.00 bits per heavy atom. The van der Waals surface area contributed by atoms with Crippen LogP contribution in [0.3, 0.4) is 0 Å². The molecule has 2 rings (SSSR count). The molecule has 2 N–H and O–H groups in total. The molecule has 0 aromatic carbocycles. The van der Waals surface area contributed by atoms with Crippen LogP contribution in [0.5, 0.6) is 5.88 Å². The Kier molecular flexibility index (Phi) is 6.79. The number of carbonyl (C=O) groups excluding carboxylic acids is 2. The number of carbonyl (C=O) groups is 2. The number of nitrogens with two attached hydrogens (primary N) is 1. The number of hydrogen-bond donors (Lipinski definition) is 1. The predicted molar refractivity (Wildman–Crippen MR) is 95.0 cm³/mol. The van der Waals surface area contributed by atoms with Crippen molar-refractivity contribution in [3.05, 3.63) is 46.7 Å². The van der Waals surface area contributed by atoms with Crippen LogP contribution in [-0.4, -0.2) is 34.6 Å². The Balaban J connectivity index is 2.26. The number of aromatic nitrogens is 2. The predicted octanol–water partition coefficient (Wildman–Crippen LogP) is 3.11. The first-order valence-electron chi connectivity index (χ1n) is 8.01. The fourth-order valence-electron chi connectivity index (χ4n) is 2.20. The summed E-state index contributed by atoms with van der Waals surface area (Å²) in [6.07, 6.45) is -1.79. The summed E-state index contributed by atoms with van der Waals surface area (Å²) in [6, 6.07) is 4.12. The molecule has 28 heavy (non-hydrogen) atoms. The molecular formula is C17H16ClF3N4O3. The first kappa shape index (κ1) is 21.4. The lowest BCUT2D eigenvalue weighted by atomic mass is 10.2. The van der Waals surface area contributed by atoms with Gasteiger partial charge in [-0.25, -0.2) is 9.97 Å². The van der Waals surface area contributed by atoms with Crippen molar-refractivity contribution in [2.45, 2.75) is 26.1 Å². The lowest BCUT2D eigenvalue weighted by Crippen LogP contribution is -2.31.